The quantitative estimate of drug-likeness (QED) is 0.476. The van der Waals surface area contributed by atoms with Crippen LogP contribution < -0.4 is 4.80 Å². The van der Waals surface area contributed by atoms with Crippen molar-refractivity contribution in [1.82, 2.24) is 4.57 Å². The number of thiazole rings is 1. The monoisotopic (exact) mass is 448 g/mol. The molecule has 1 fully saturated rings. The Kier molecular flexibility index (Phi) is 5.60. The molecule has 0 amide bonds. The summed E-state index contributed by atoms with van der Waals surface area (Å²) in [6.45, 7) is 1.66. The number of aromatic nitrogens is 1. The average Bonchev–Trinajstić information content (AvgIpc) is 3.26. The average molecular weight is 450 g/mol. The molecular weight excluding hydrogens is 432 g/mol. The van der Waals surface area contributed by atoms with Gasteiger partial charge in [-0.2, -0.15) is 0 Å². The molecule has 1 atom stereocenters. The van der Waals surface area contributed by atoms with Crippen molar-refractivity contribution >= 4 is 44.6 Å². The minimum atomic E-state index is 0.244. The molecule has 3 aromatic rings. The Hall–Kier alpha value is -1.40. The molecule has 134 valence electrons. The molecule has 26 heavy (non-hydrogen) atoms. The first-order chi connectivity index (χ1) is 12.7. The molecule has 6 heteroatoms. The Balaban J connectivity index is 1.80. The Bertz CT molecular complexity index is 976. The lowest BCUT2D eigenvalue weighted by Gasteiger charge is -2.14. The van der Waals surface area contributed by atoms with E-state index >= 15 is 0 Å². The van der Waals surface area contributed by atoms with Gasteiger partial charge >= 0.3 is 0 Å². The highest BCUT2D eigenvalue weighted by Crippen LogP contribution is 2.26. The zero-order valence-electron chi connectivity index (χ0n) is 14.1. The van der Waals surface area contributed by atoms with E-state index in [1.807, 2.05) is 30.3 Å². The highest BCUT2D eigenvalue weighted by atomic mass is 79.9. The van der Waals surface area contributed by atoms with Gasteiger partial charge < -0.3 is 9.30 Å². The van der Waals surface area contributed by atoms with E-state index in [-0.39, 0.29) is 6.10 Å². The molecule has 4 rings (SSSR count). The number of ether oxygens (including phenoxy) is 1. The Labute approximate surface area is 170 Å². The molecule has 1 aliphatic heterocycles. The van der Waals surface area contributed by atoms with Crippen LogP contribution in [0.2, 0.25) is 5.02 Å². The van der Waals surface area contributed by atoms with E-state index in [4.69, 9.17) is 21.3 Å². The van der Waals surface area contributed by atoms with Crippen LogP contribution in [0, 0.1) is 0 Å². The lowest BCUT2D eigenvalue weighted by Crippen LogP contribution is -2.24. The van der Waals surface area contributed by atoms with Crippen molar-refractivity contribution in [2.75, 3.05) is 6.61 Å². The van der Waals surface area contributed by atoms with Crippen LogP contribution in [0.4, 0.5) is 5.69 Å². The van der Waals surface area contributed by atoms with Gasteiger partial charge in [-0.25, -0.2) is 4.99 Å². The van der Waals surface area contributed by atoms with Crippen molar-refractivity contribution in [3.05, 3.63) is 68.2 Å². The molecule has 0 N–H and O–H groups in total. The van der Waals surface area contributed by atoms with Crippen molar-refractivity contribution in [2.24, 2.45) is 4.99 Å². The molecule has 0 spiro atoms. The maximum Gasteiger partial charge on any atom is 0.190 e. The molecule has 3 nitrogen and oxygen atoms in total. The number of hydrogen-bond donors (Lipinski definition) is 0. The first kappa shape index (κ1) is 18.0. The molecule has 0 aliphatic carbocycles. The molecule has 0 bridgehead atoms. The lowest BCUT2D eigenvalue weighted by atomic mass is 10.1. The molecule has 1 aromatic heterocycles. The van der Waals surface area contributed by atoms with Crippen molar-refractivity contribution in [2.45, 2.75) is 25.5 Å². The Morgan fingerprint density at radius 3 is 2.88 bits per heavy atom. The van der Waals surface area contributed by atoms with Gasteiger partial charge in [0.1, 0.15) is 0 Å². The van der Waals surface area contributed by atoms with Gasteiger partial charge in [0.2, 0.25) is 0 Å². The van der Waals surface area contributed by atoms with Gasteiger partial charge in [0, 0.05) is 27.0 Å². The highest BCUT2D eigenvalue weighted by molar-refractivity contribution is 9.10. The van der Waals surface area contributed by atoms with Crippen LogP contribution in [0.5, 0.6) is 0 Å². The number of rotatable bonds is 4. The molecule has 1 saturated heterocycles. The molecule has 1 unspecified atom stereocenters. The third-order valence-corrected chi connectivity index (χ3v) is 5.95. The summed E-state index contributed by atoms with van der Waals surface area (Å²) in [6.07, 6.45) is 2.47. The van der Waals surface area contributed by atoms with Gasteiger partial charge in [-0.15, -0.1) is 11.3 Å². The fraction of sp³-hybridized carbons (Fsp3) is 0.250. The van der Waals surface area contributed by atoms with Gasteiger partial charge in [0.15, 0.2) is 4.80 Å². The van der Waals surface area contributed by atoms with Gasteiger partial charge in [0.25, 0.3) is 0 Å². The van der Waals surface area contributed by atoms with Gasteiger partial charge in [-0.05, 0) is 43.2 Å². The maximum absolute atomic E-state index is 6.12. The van der Waals surface area contributed by atoms with Crippen LogP contribution in [-0.2, 0) is 11.3 Å². The summed E-state index contributed by atoms with van der Waals surface area (Å²) in [5.41, 5.74) is 3.19. The Morgan fingerprint density at radius 1 is 1.23 bits per heavy atom. The first-order valence-corrected chi connectivity index (χ1v) is 10.6. The minimum absolute atomic E-state index is 0.244. The van der Waals surface area contributed by atoms with Crippen LogP contribution in [0.25, 0.3) is 11.3 Å². The summed E-state index contributed by atoms with van der Waals surface area (Å²) in [4.78, 5) is 5.80. The third-order valence-electron chi connectivity index (χ3n) is 4.36. The number of halogens is 2. The van der Waals surface area contributed by atoms with Gasteiger partial charge in [-0.3, -0.25) is 0 Å². The van der Waals surface area contributed by atoms with E-state index in [0.29, 0.717) is 5.02 Å². The summed E-state index contributed by atoms with van der Waals surface area (Å²) in [5.74, 6) is 0. The van der Waals surface area contributed by atoms with E-state index in [9.17, 15) is 0 Å². The predicted octanol–water partition coefficient (Wildman–Crippen LogP) is 6.04. The van der Waals surface area contributed by atoms with Crippen LogP contribution in [0.3, 0.4) is 0 Å². The fourth-order valence-electron chi connectivity index (χ4n) is 3.12. The van der Waals surface area contributed by atoms with Crippen LogP contribution in [0.1, 0.15) is 12.8 Å². The van der Waals surface area contributed by atoms with Crippen molar-refractivity contribution in [3.63, 3.8) is 0 Å². The largest absolute Gasteiger partial charge is 0.376 e. The lowest BCUT2D eigenvalue weighted by molar-refractivity contribution is 0.0968. The number of hydrogen-bond acceptors (Lipinski definition) is 3. The maximum atomic E-state index is 6.12. The van der Waals surface area contributed by atoms with E-state index < -0.39 is 0 Å². The second-order valence-electron chi connectivity index (χ2n) is 6.25. The van der Waals surface area contributed by atoms with Crippen LogP contribution in [0.15, 0.2) is 63.4 Å². The topological polar surface area (TPSA) is 26.5 Å². The van der Waals surface area contributed by atoms with E-state index in [1.54, 1.807) is 11.3 Å². The van der Waals surface area contributed by atoms with Crippen molar-refractivity contribution in [1.29, 1.82) is 0 Å². The van der Waals surface area contributed by atoms with Crippen LogP contribution >= 0.6 is 38.9 Å². The molecule has 2 heterocycles. The fourth-order valence-corrected chi connectivity index (χ4v) is 4.64. The minimum Gasteiger partial charge on any atom is -0.376 e. The molecule has 0 radical (unpaired) electrons. The summed E-state index contributed by atoms with van der Waals surface area (Å²) >= 11 is 11.3. The van der Waals surface area contributed by atoms with Crippen molar-refractivity contribution < 1.29 is 4.74 Å². The second-order valence-corrected chi connectivity index (χ2v) is 8.44. The Morgan fingerprint density at radius 2 is 2.12 bits per heavy atom. The highest BCUT2D eigenvalue weighted by Gasteiger charge is 2.19. The molecule has 2 aromatic carbocycles. The third kappa shape index (κ3) is 4.12. The first-order valence-electron chi connectivity index (χ1n) is 8.55. The van der Waals surface area contributed by atoms with E-state index in [2.05, 4.69) is 44.1 Å². The predicted molar refractivity (Wildman–Crippen MR) is 111 cm³/mol. The summed E-state index contributed by atoms with van der Waals surface area (Å²) < 4.78 is 9.21. The SMILES string of the molecule is Clc1cccc(N=c2scc(-c3cccc(Br)c3)n2CC2CCCO2)c1. The molecule has 0 saturated carbocycles. The van der Waals surface area contributed by atoms with Crippen LogP contribution in [-0.4, -0.2) is 17.3 Å². The van der Waals surface area contributed by atoms with E-state index in [1.165, 1.54) is 5.56 Å². The van der Waals surface area contributed by atoms with Gasteiger partial charge in [-0.1, -0.05) is 45.7 Å². The zero-order valence-corrected chi connectivity index (χ0v) is 17.2. The summed E-state index contributed by atoms with van der Waals surface area (Å²) in [5, 5.41) is 2.86. The van der Waals surface area contributed by atoms with Gasteiger partial charge in [0.05, 0.1) is 24.0 Å². The summed E-state index contributed by atoms with van der Waals surface area (Å²) in [7, 11) is 0. The second kappa shape index (κ2) is 8.09. The standard InChI is InChI=1S/C20H18BrClN2OS/c21-15-5-1-4-14(10-15)19-13-26-20(23-17-7-2-6-16(22)11-17)24(19)12-18-8-3-9-25-18/h1-2,4-7,10-11,13,18H,3,8-9,12H2. The zero-order chi connectivity index (χ0) is 17.9. The molecular formula is C20H18BrClN2OS. The molecule has 1 aliphatic rings. The smallest absolute Gasteiger partial charge is 0.190 e. The summed E-state index contributed by atoms with van der Waals surface area (Å²) in [6, 6.07) is 16.0. The number of nitrogens with zero attached hydrogens (tertiary/aromatic N) is 2. The van der Waals surface area contributed by atoms with Crippen molar-refractivity contribution in [3.8, 4) is 11.3 Å². The normalized spacial score (nSPS) is 17.8. The number of benzene rings is 2. The van der Waals surface area contributed by atoms with E-state index in [0.717, 1.165) is 46.6 Å².